The van der Waals surface area contributed by atoms with Crippen molar-refractivity contribution in [3.63, 3.8) is 0 Å². The molecule has 1 aromatic heterocycles. The van der Waals surface area contributed by atoms with Gasteiger partial charge in [-0.05, 0) is 41.5 Å². The average molecular weight is 391 g/mol. The third-order valence-corrected chi connectivity index (χ3v) is 5.56. The van der Waals surface area contributed by atoms with Crippen molar-refractivity contribution < 1.29 is 4.79 Å². The van der Waals surface area contributed by atoms with Gasteiger partial charge in [0.15, 0.2) is 0 Å². The molecule has 0 atom stereocenters. The minimum atomic E-state index is -0.116. The summed E-state index contributed by atoms with van der Waals surface area (Å²) in [6.45, 7) is 0. The number of nitrogens with zero attached hydrogens (tertiary/aromatic N) is 5. The van der Waals surface area contributed by atoms with Gasteiger partial charge in [0.1, 0.15) is 6.07 Å². The molecule has 7 nitrogen and oxygen atoms in total. The van der Waals surface area contributed by atoms with Crippen LogP contribution in [-0.4, -0.2) is 31.9 Å². The summed E-state index contributed by atoms with van der Waals surface area (Å²) in [4.78, 5) is 12.1. The minimum Gasteiger partial charge on any atom is -0.326 e. The van der Waals surface area contributed by atoms with E-state index >= 15 is 0 Å². The number of carbonyl (C=O) groups excluding carboxylic acids is 1. The lowest BCUT2D eigenvalue weighted by molar-refractivity contribution is -0.115. The molecule has 9 heteroatoms. The van der Waals surface area contributed by atoms with E-state index in [4.69, 9.17) is 16.9 Å². The van der Waals surface area contributed by atoms with Gasteiger partial charge in [-0.25, -0.2) is 4.68 Å². The van der Waals surface area contributed by atoms with Crippen molar-refractivity contribution in [1.82, 2.24) is 20.2 Å². The van der Waals surface area contributed by atoms with Crippen molar-refractivity contribution in [2.75, 3.05) is 11.1 Å². The third-order valence-electron chi connectivity index (χ3n) is 4.32. The maximum absolute atomic E-state index is 12.1. The Morgan fingerprint density at radius 2 is 2.19 bits per heavy atom. The van der Waals surface area contributed by atoms with Crippen LogP contribution in [0.3, 0.4) is 0 Å². The summed E-state index contributed by atoms with van der Waals surface area (Å²) in [7, 11) is 0. The van der Waals surface area contributed by atoms with Crippen LogP contribution in [0.1, 0.15) is 50.1 Å². The van der Waals surface area contributed by atoms with Crippen LogP contribution in [0.15, 0.2) is 23.4 Å². The fourth-order valence-electron chi connectivity index (χ4n) is 2.98. The first-order valence-corrected chi connectivity index (χ1v) is 9.94. The van der Waals surface area contributed by atoms with E-state index in [1.165, 1.54) is 31.0 Å². The van der Waals surface area contributed by atoms with E-state index in [-0.39, 0.29) is 5.91 Å². The first-order chi connectivity index (χ1) is 12.7. The summed E-state index contributed by atoms with van der Waals surface area (Å²) in [5.74, 6) is 0.470. The minimum absolute atomic E-state index is 0.116. The molecular formula is C17H19ClN6OS. The maximum Gasteiger partial charge on any atom is 0.225 e. The van der Waals surface area contributed by atoms with Crippen molar-refractivity contribution in [1.29, 1.82) is 5.26 Å². The molecule has 1 aliphatic rings. The summed E-state index contributed by atoms with van der Waals surface area (Å²) in [6.07, 6.45) is 6.26. The number of nitrogens with one attached hydrogen (secondary N) is 1. The molecule has 1 heterocycles. The van der Waals surface area contributed by atoms with Gasteiger partial charge >= 0.3 is 0 Å². The van der Waals surface area contributed by atoms with Crippen LogP contribution in [0, 0.1) is 11.3 Å². The second-order valence-corrected chi connectivity index (χ2v) is 7.62. The molecule has 0 saturated heterocycles. The molecule has 1 fully saturated rings. The van der Waals surface area contributed by atoms with Gasteiger partial charge in [0.25, 0.3) is 0 Å². The topological polar surface area (TPSA) is 96.5 Å². The number of benzene rings is 1. The van der Waals surface area contributed by atoms with E-state index in [9.17, 15) is 4.79 Å². The standard InChI is InChI=1S/C17H19ClN6OS/c18-15-10-13(7-6-12(15)11-19)20-16(25)8-9-26-17-21-22-23-24(17)14-4-2-1-3-5-14/h6-7,10,14H,1-5,8-9H2,(H,20,25). The summed E-state index contributed by atoms with van der Waals surface area (Å²) < 4.78 is 1.90. The predicted octanol–water partition coefficient (Wildman–Crippen LogP) is 3.82. The first kappa shape index (κ1) is 18.7. The molecule has 136 valence electrons. The zero-order valence-electron chi connectivity index (χ0n) is 14.2. The monoisotopic (exact) mass is 390 g/mol. The Balaban J connectivity index is 1.49. The van der Waals surface area contributed by atoms with Crippen LogP contribution in [0.5, 0.6) is 0 Å². The Kier molecular flexibility index (Phi) is 6.47. The Bertz CT molecular complexity index is 812. The normalized spacial score (nSPS) is 14.8. The largest absolute Gasteiger partial charge is 0.326 e. The number of hydrogen-bond donors (Lipinski definition) is 1. The number of halogens is 1. The molecule has 0 bridgehead atoms. The number of rotatable bonds is 6. The lowest BCUT2D eigenvalue weighted by Gasteiger charge is -2.21. The number of amides is 1. The van der Waals surface area contributed by atoms with Gasteiger partial charge in [-0.1, -0.05) is 42.6 Å². The fourth-order valence-corrected chi connectivity index (χ4v) is 4.08. The Morgan fingerprint density at radius 3 is 2.92 bits per heavy atom. The number of nitriles is 1. The van der Waals surface area contributed by atoms with E-state index < -0.39 is 0 Å². The summed E-state index contributed by atoms with van der Waals surface area (Å²) in [5.41, 5.74) is 0.964. The van der Waals surface area contributed by atoms with Crippen molar-refractivity contribution >= 4 is 35.0 Å². The van der Waals surface area contributed by atoms with Crippen molar-refractivity contribution in [2.45, 2.75) is 49.7 Å². The quantitative estimate of drug-likeness (QED) is 0.753. The Morgan fingerprint density at radius 1 is 1.38 bits per heavy atom. The maximum atomic E-state index is 12.1. The molecule has 3 rings (SSSR count). The van der Waals surface area contributed by atoms with Crippen molar-refractivity contribution in [3.8, 4) is 6.07 Å². The van der Waals surface area contributed by atoms with Crippen LogP contribution in [-0.2, 0) is 4.79 Å². The van der Waals surface area contributed by atoms with Gasteiger partial charge in [0.2, 0.25) is 11.1 Å². The van der Waals surface area contributed by atoms with Gasteiger partial charge in [-0.2, -0.15) is 5.26 Å². The van der Waals surface area contributed by atoms with Crippen molar-refractivity contribution in [3.05, 3.63) is 28.8 Å². The predicted molar refractivity (Wildman–Crippen MR) is 100 cm³/mol. The molecule has 26 heavy (non-hydrogen) atoms. The summed E-state index contributed by atoms with van der Waals surface area (Å²) >= 11 is 7.47. The SMILES string of the molecule is N#Cc1ccc(NC(=O)CCSc2nnnn2C2CCCCC2)cc1Cl. The smallest absolute Gasteiger partial charge is 0.225 e. The lowest BCUT2D eigenvalue weighted by atomic mass is 9.96. The van der Waals surface area contributed by atoms with E-state index in [1.807, 2.05) is 10.8 Å². The summed E-state index contributed by atoms with van der Waals surface area (Å²) in [6, 6.07) is 7.19. The highest BCUT2D eigenvalue weighted by atomic mass is 35.5. The Labute approximate surface area is 161 Å². The van der Waals surface area contributed by atoms with Crippen LogP contribution in [0.4, 0.5) is 5.69 Å². The molecule has 1 N–H and O–H groups in total. The van der Waals surface area contributed by atoms with Crippen LogP contribution >= 0.6 is 23.4 Å². The van der Waals surface area contributed by atoms with Crippen LogP contribution in [0.2, 0.25) is 5.02 Å². The van der Waals surface area contributed by atoms with Crippen LogP contribution < -0.4 is 5.32 Å². The molecule has 0 aliphatic heterocycles. The van der Waals surface area contributed by atoms with E-state index in [2.05, 4.69) is 20.8 Å². The molecule has 1 saturated carbocycles. The third kappa shape index (κ3) is 4.74. The molecule has 1 aromatic carbocycles. The molecule has 1 amide bonds. The van der Waals surface area contributed by atoms with Gasteiger partial charge in [0, 0.05) is 17.9 Å². The second kappa shape index (κ2) is 9.01. The molecule has 0 unspecified atom stereocenters. The highest BCUT2D eigenvalue weighted by Crippen LogP contribution is 2.30. The first-order valence-electron chi connectivity index (χ1n) is 8.57. The highest BCUT2D eigenvalue weighted by molar-refractivity contribution is 7.99. The van der Waals surface area contributed by atoms with E-state index in [1.54, 1.807) is 18.2 Å². The van der Waals surface area contributed by atoms with Gasteiger partial charge in [0.05, 0.1) is 16.6 Å². The molecule has 1 aliphatic carbocycles. The van der Waals surface area contributed by atoms with Gasteiger partial charge < -0.3 is 5.32 Å². The van der Waals surface area contributed by atoms with Crippen LogP contribution in [0.25, 0.3) is 0 Å². The molecule has 0 radical (unpaired) electrons. The fraction of sp³-hybridized carbons (Fsp3) is 0.471. The zero-order valence-corrected chi connectivity index (χ0v) is 15.8. The average Bonchev–Trinajstić information content (AvgIpc) is 3.11. The highest BCUT2D eigenvalue weighted by Gasteiger charge is 2.20. The van der Waals surface area contributed by atoms with E-state index in [0.29, 0.717) is 34.5 Å². The summed E-state index contributed by atoms with van der Waals surface area (Å²) in [5, 5.41) is 24.8. The number of thioether (sulfide) groups is 1. The molecule has 0 spiro atoms. The number of aromatic nitrogens is 4. The van der Waals surface area contributed by atoms with Crippen molar-refractivity contribution in [2.24, 2.45) is 0 Å². The van der Waals surface area contributed by atoms with Gasteiger partial charge in [-0.15, -0.1) is 5.10 Å². The van der Waals surface area contributed by atoms with Gasteiger partial charge in [-0.3, -0.25) is 4.79 Å². The zero-order chi connectivity index (χ0) is 18.4. The number of tetrazole rings is 1. The Hall–Kier alpha value is -2.11. The number of hydrogen-bond acceptors (Lipinski definition) is 6. The lowest BCUT2D eigenvalue weighted by Crippen LogP contribution is -2.16. The number of carbonyl (C=O) groups is 1. The molecular weight excluding hydrogens is 372 g/mol. The van der Waals surface area contributed by atoms with E-state index in [0.717, 1.165) is 18.0 Å². The molecule has 2 aromatic rings. The number of anilines is 1. The second-order valence-electron chi connectivity index (χ2n) is 6.15.